The Morgan fingerprint density at radius 3 is 1.00 bits per heavy atom. The van der Waals surface area contributed by atoms with Crippen LogP contribution in [-0.2, 0) is 28.6 Å². The van der Waals surface area contributed by atoms with Crippen molar-refractivity contribution in [1.29, 1.82) is 0 Å². The van der Waals surface area contributed by atoms with Crippen molar-refractivity contribution < 1.29 is 28.6 Å². The van der Waals surface area contributed by atoms with Gasteiger partial charge < -0.3 is 14.2 Å². The van der Waals surface area contributed by atoms with Gasteiger partial charge in [0, 0.05) is 19.3 Å². The van der Waals surface area contributed by atoms with E-state index in [-0.39, 0.29) is 37.5 Å². The van der Waals surface area contributed by atoms with Gasteiger partial charge in [0.2, 0.25) is 0 Å². The van der Waals surface area contributed by atoms with Crippen LogP contribution >= 0.6 is 0 Å². The first-order valence-electron chi connectivity index (χ1n) is 28.1. The molecule has 0 unspecified atom stereocenters. The van der Waals surface area contributed by atoms with Gasteiger partial charge in [-0.2, -0.15) is 0 Å². The quantitative estimate of drug-likeness (QED) is 0.0262. The molecule has 0 bridgehead atoms. The van der Waals surface area contributed by atoms with E-state index < -0.39 is 6.10 Å². The van der Waals surface area contributed by atoms with Gasteiger partial charge in [-0.15, -0.1) is 0 Å². The molecule has 0 spiro atoms. The minimum absolute atomic E-state index is 0.0979. The number of carbonyl (C=O) groups is 3. The van der Waals surface area contributed by atoms with Crippen molar-refractivity contribution in [2.24, 2.45) is 0 Å². The Labute approximate surface area is 414 Å². The second-order valence-corrected chi connectivity index (χ2v) is 18.5. The molecule has 6 heteroatoms. The maximum Gasteiger partial charge on any atom is 0.306 e. The topological polar surface area (TPSA) is 78.9 Å². The van der Waals surface area contributed by atoms with Crippen molar-refractivity contribution in [3.8, 4) is 0 Å². The number of ether oxygens (including phenoxy) is 3. The van der Waals surface area contributed by atoms with Crippen LogP contribution in [0.5, 0.6) is 0 Å². The van der Waals surface area contributed by atoms with Gasteiger partial charge in [0.25, 0.3) is 0 Å². The summed E-state index contributed by atoms with van der Waals surface area (Å²) >= 11 is 0. The zero-order valence-electron chi connectivity index (χ0n) is 43.9. The van der Waals surface area contributed by atoms with E-state index in [2.05, 4.69) is 106 Å². The summed E-state index contributed by atoms with van der Waals surface area (Å²) in [4.78, 5) is 38.1. The van der Waals surface area contributed by atoms with E-state index in [1.165, 1.54) is 141 Å². The predicted octanol–water partition coefficient (Wildman–Crippen LogP) is 18.8. The SMILES string of the molecule is CC/C=C\C/C=C\C/C=C\C/C=C\C/C=C\CCCC(=O)OC[C@H](COC(=O)CCCCCCCCC/C=C\CCCCCCCC)OC(=O)CCCCCCCCC/C=C\CCCCCC. The zero-order chi connectivity index (χ0) is 48.6. The van der Waals surface area contributed by atoms with E-state index >= 15 is 0 Å². The van der Waals surface area contributed by atoms with E-state index in [9.17, 15) is 14.4 Å². The zero-order valence-corrected chi connectivity index (χ0v) is 43.9. The fraction of sp³-hybridized carbons (Fsp3) is 0.721. The molecule has 384 valence electrons. The Bertz CT molecular complexity index is 1300. The molecule has 0 saturated heterocycles. The predicted molar refractivity (Wildman–Crippen MR) is 288 cm³/mol. The lowest BCUT2D eigenvalue weighted by Crippen LogP contribution is -2.30. The molecular formula is C61H104O6. The summed E-state index contributed by atoms with van der Waals surface area (Å²) in [7, 11) is 0. The normalized spacial score (nSPS) is 12.7. The monoisotopic (exact) mass is 933 g/mol. The van der Waals surface area contributed by atoms with E-state index in [4.69, 9.17) is 14.2 Å². The number of carbonyl (C=O) groups excluding carboxylic acids is 3. The second kappa shape index (κ2) is 55.2. The van der Waals surface area contributed by atoms with Crippen LogP contribution in [0.1, 0.15) is 265 Å². The van der Waals surface area contributed by atoms with E-state index in [0.29, 0.717) is 19.3 Å². The summed E-state index contributed by atoms with van der Waals surface area (Å²) in [6.07, 6.45) is 71.4. The summed E-state index contributed by atoms with van der Waals surface area (Å²) in [6, 6.07) is 0. The molecule has 0 radical (unpaired) electrons. The molecule has 0 N–H and O–H groups in total. The van der Waals surface area contributed by atoms with Crippen LogP contribution in [0.2, 0.25) is 0 Å². The molecule has 0 aliphatic rings. The van der Waals surface area contributed by atoms with E-state index in [1.54, 1.807) is 0 Å². The average Bonchev–Trinajstić information content (AvgIpc) is 3.33. The van der Waals surface area contributed by atoms with Crippen LogP contribution in [0.15, 0.2) is 85.1 Å². The van der Waals surface area contributed by atoms with Crippen molar-refractivity contribution in [2.45, 2.75) is 271 Å². The smallest absolute Gasteiger partial charge is 0.306 e. The number of rotatable bonds is 50. The largest absolute Gasteiger partial charge is 0.462 e. The third-order valence-corrected chi connectivity index (χ3v) is 11.9. The molecule has 0 saturated carbocycles. The Hall–Kier alpha value is -3.41. The third kappa shape index (κ3) is 53.4. The molecule has 0 aromatic heterocycles. The average molecular weight is 933 g/mol. The van der Waals surface area contributed by atoms with Gasteiger partial charge in [-0.25, -0.2) is 0 Å². The molecule has 67 heavy (non-hydrogen) atoms. The first-order chi connectivity index (χ1) is 33.0. The second-order valence-electron chi connectivity index (χ2n) is 18.5. The minimum Gasteiger partial charge on any atom is -0.462 e. The molecule has 0 aromatic rings. The van der Waals surface area contributed by atoms with Crippen molar-refractivity contribution >= 4 is 17.9 Å². The Morgan fingerprint density at radius 1 is 0.313 bits per heavy atom. The summed E-state index contributed by atoms with van der Waals surface area (Å²) in [5.74, 6) is -0.963. The van der Waals surface area contributed by atoms with Gasteiger partial charge in [0.15, 0.2) is 6.10 Å². The number of esters is 3. The molecule has 0 amide bonds. The minimum atomic E-state index is -0.804. The molecule has 0 aliphatic heterocycles. The van der Waals surface area contributed by atoms with Crippen molar-refractivity contribution in [3.05, 3.63) is 85.1 Å². The lowest BCUT2D eigenvalue weighted by Gasteiger charge is -2.18. The molecule has 0 heterocycles. The van der Waals surface area contributed by atoms with Gasteiger partial charge in [-0.1, -0.05) is 221 Å². The molecule has 0 rings (SSSR count). The first-order valence-corrected chi connectivity index (χ1v) is 28.1. The fourth-order valence-corrected chi connectivity index (χ4v) is 7.64. The maximum atomic E-state index is 12.8. The van der Waals surface area contributed by atoms with Gasteiger partial charge in [0.05, 0.1) is 0 Å². The van der Waals surface area contributed by atoms with Crippen LogP contribution in [0.4, 0.5) is 0 Å². The highest BCUT2D eigenvalue weighted by Crippen LogP contribution is 2.14. The Balaban J connectivity index is 4.47. The van der Waals surface area contributed by atoms with Crippen molar-refractivity contribution in [2.75, 3.05) is 13.2 Å². The lowest BCUT2D eigenvalue weighted by molar-refractivity contribution is -0.167. The summed E-state index contributed by atoms with van der Waals surface area (Å²) in [5.41, 5.74) is 0. The van der Waals surface area contributed by atoms with Gasteiger partial charge in [0.1, 0.15) is 13.2 Å². The Morgan fingerprint density at radius 2 is 0.597 bits per heavy atom. The van der Waals surface area contributed by atoms with Crippen LogP contribution in [-0.4, -0.2) is 37.2 Å². The van der Waals surface area contributed by atoms with Gasteiger partial charge in [-0.05, 0) is 109 Å². The van der Waals surface area contributed by atoms with Gasteiger partial charge >= 0.3 is 17.9 Å². The van der Waals surface area contributed by atoms with E-state index in [1.807, 2.05) is 0 Å². The summed E-state index contributed by atoms with van der Waals surface area (Å²) < 4.78 is 16.8. The van der Waals surface area contributed by atoms with Crippen molar-refractivity contribution in [1.82, 2.24) is 0 Å². The lowest BCUT2D eigenvalue weighted by atomic mass is 10.1. The Kier molecular flexibility index (Phi) is 52.4. The summed E-state index contributed by atoms with van der Waals surface area (Å²) in [5, 5.41) is 0. The maximum absolute atomic E-state index is 12.8. The fourth-order valence-electron chi connectivity index (χ4n) is 7.64. The molecular weight excluding hydrogens is 829 g/mol. The highest BCUT2D eigenvalue weighted by Gasteiger charge is 2.19. The van der Waals surface area contributed by atoms with Gasteiger partial charge in [-0.3, -0.25) is 14.4 Å². The summed E-state index contributed by atoms with van der Waals surface area (Å²) in [6.45, 7) is 6.46. The first kappa shape index (κ1) is 63.6. The van der Waals surface area contributed by atoms with Crippen LogP contribution in [0.25, 0.3) is 0 Å². The molecule has 0 aromatic carbocycles. The number of hydrogen-bond acceptors (Lipinski definition) is 6. The molecule has 6 nitrogen and oxygen atoms in total. The standard InChI is InChI=1S/C61H104O6/c1-4-7-10-13-16-19-22-25-28-30-33-35-38-41-44-47-50-53-59(62)65-56-58(67-61(64)55-52-49-46-43-40-37-32-27-24-21-18-15-12-9-6-3)57-66-60(63)54-51-48-45-42-39-36-34-31-29-26-23-20-17-14-11-8-5-2/h7,10,16,19,21,24-26,28-29,33,35,41,44,58H,4-6,8-9,11-15,17-18,20,22-23,27,30-32,34,36-40,42-43,45-57H2,1-3H3/b10-7-,19-16-,24-21-,28-25-,29-26-,35-33-,44-41-/t58-/m1/s1. The third-order valence-electron chi connectivity index (χ3n) is 11.9. The highest BCUT2D eigenvalue weighted by molar-refractivity contribution is 5.71. The number of unbranched alkanes of at least 4 members (excludes halogenated alkanes) is 25. The van der Waals surface area contributed by atoms with Crippen LogP contribution in [0, 0.1) is 0 Å². The highest BCUT2D eigenvalue weighted by atomic mass is 16.6. The number of hydrogen-bond donors (Lipinski definition) is 0. The molecule has 1 atom stereocenters. The van der Waals surface area contributed by atoms with E-state index in [0.717, 1.165) is 77.0 Å². The molecule has 0 aliphatic carbocycles. The van der Waals surface area contributed by atoms with Crippen molar-refractivity contribution in [3.63, 3.8) is 0 Å². The van der Waals surface area contributed by atoms with Crippen LogP contribution in [0.3, 0.4) is 0 Å². The molecule has 0 fully saturated rings. The van der Waals surface area contributed by atoms with Crippen LogP contribution < -0.4 is 0 Å². The number of allylic oxidation sites excluding steroid dienone is 14.